The number of allylic oxidation sites excluding steroid dienone is 2. The fourth-order valence-corrected chi connectivity index (χ4v) is 0.646. The first-order valence-electron chi connectivity index (χ1n) is 3.38. The molecule has 3 nitrogen and oxygen atoms in total. The van der Waals surface area contributed by atoms with Crippen molar-refractivity contribution in [1.29, 1.82) is 0 Å². The van der Waals surface area contributed by atoms with Crippen LogP contribution < -0.4 is 5.32 Å². The van der Waals surface area contributed by atoms with Gasteiger partial charge in [0.25, 0.3) is 0 Å². The quantitative estimate of drug-likeness (QED) is 0.485. The number of carbonyl (C=O) groups is 2. The Hall–Kier alpha value is -1.12. The number of aldehydes is 1. The van der Waals surface area contributed by atoms with Crippen LogP contribution in [-0.2, 0) is 9.59 Å². The van der Waals surface area contributed by atoms with Crippen LogP contribution in [0.5, 0.6) is 0 Å². The lowest BCUT2D eigenvalue weighted by Crippen LogP contribution is -2.23. The molecule has 0 spiro atoms. The summed E-state index contributed by atoms with van der Waals surface area (Å²) in [4.78, 5) is 20.2. The van der Waals surface area contributed by atoms with E-state index >= 15 is 0 Å². The molecule has 0 heterocycles. The Balaban J connectivity index is 4.46. The Morgan fingerprint density at radius 1 is 1.27 bits per heavy atom. The second kappa shape index (κ2) is 3.91. The molecule has 11 heavy (non-hydrogen) atoms. The molecule has 3 heteroatoms. The summed E-state index contributed by atoms with van der Waals surface area (Å²) in [7, 11) is 0. The minimum absolute atomic E-state index is 0.193. The second-order valence-corrected chi connectivity index (χ2v) is 3.23. The molecule has 0 unspecified atom stereocenters. The number of hydrogen-bond acceptors (Lipinski definition) is 2. The fraction of sp³-hybridized carbons (Fsp3) is 0.500. The molecular formula is C8H13NO2. The third-order valence-corrected chi connectivity index (χ3v) is 1.26. The monoisotopic (exact) mass is 155 g/mol. The van der Waals surface area contributed by atoms with Crippen molar-refractivity contribution in [2.45, 2.75) is 20.8 Å². The molecule has 1 amide bonds. The zero-order valence-electron chi connectivity index (χ0n) is 7.05. The van der Waals surface area contributed by atoms with Crippen molar-refractivity contribution >= 4 is 12.7 Å². The second-order valence-electron chi connectivity index (χ2n) is 3.23. The topological polar surface area (TPSA) is 46.2 Å². The first kappa shape index (κ1) is 9.88. The number of rotatable bonds is 3. The third kappa shape index (κ3) is 3.55. The SMILES string of the molecule is CC(C)(C)/C(=C/C=O)NC=O. The van der Waals surface area contributed by atoms with Gasteiger partial charge >= 0.3 is 0 Å². The molecule has 0 aliphatic rings. The third-order valence-electron chi connectivity index (χ3n) is 1.26. The zero-order chi connectivity index (χ0) is 8.91. The lowest BCUT2D eigenvalue weighted by Gasteiger charge is -2.20. The lowest BCUT2D eigenvalue weighted by atomic mass is 9.92. The largest absolute Gasteiger partial charge is 0.332 e. The van der Waals surface area contributed by atoms with E-state index in [2.05, 4.69) is 5.32 Å². The Morgan fingerprint density at radius 3 is 2.09 bits per heavy atom. The number of amides is 1. The molecule has 0 aliphatic heterocycles. The van der Waals surface area contributed by atoms with Crippen molar-refractivity contribution in [3.63, 3.8) is 0 Å². The predicted octanol–water partition coefficient (Wildman–Crippen LogP) is 0.861. The summed E-state index contributed by atoms with van der Waals surface area (Å²) in [5.41, 5.74) is 0.435. The Bertz CT molecular complexity index is 177. The molecule has 0 rings (SSSR count). The van der Waals surface area contributed by atoms with Gasteiger partial charge in [0.2, 0.25) is 6.41 Å². The average molecular weight is 155 g/mol. The van der Waals surface area contributed by atoms with Crippen LogP contribution >= 0.6 is 0 Å². The van der Waals surface area contributed by atoms with Gasteiger partial charge in [0, 0.05) is 11.1 Å². The van der Waals surface area contributed by atoms with Crippen LogP contribution in [0.3, 0.4) is 0 Å². The summed E-state index contributed by atoms with van der Waals surface area (Å²) in [5.74, 6) is 0. The van der Waals surface area contributed by atoms with Crippen molar-refractivity contribution in [1.82, 2.24) is 5.32 Å². The molecule has 0 aromatic rings. The highest BCUT2D eigenvalue weighted by atomic mass is 16.1. The Kier molecular flexibility index (Phi) is 3.51. The Morgan fingerprint density at radius 2 is 1.82 bits per heavy atom. The Labute approximate surface area is 66.5 Å². The van der Waals surface area contributed by atoms with Crippen LogP contribution in [0, 0.1) is 5.41 Å². The summed E-state index contributed by atoms with van der Waals surface area (Å²) in [6.07, 6.45) is 2.59. The summed E-state index contributed by atoms with van der Waals surface area (Å²) < 4.78 is 0. The van der Waals surface area contributed by atoms with Crippen LogP contribution in [0.15, 0.2) is 11.8 Å². The molecule has 0 saturated carbocycles. The van der Waals surface area contributed by atoms with Crippen LogP contribution in [0.4, 0.5) is 0 Å². The number of carbonyl (C=O) groups excluding carboxylic acids is 2. The maximum Gasteiger partial charge on any atom is 0.211 e. The summed E-state index contributed by atoms with van der Waals surface area (Å²) in [6.45, 7) is 5.75. The van der Waals surface area contributed by atoms with E-state index in [1.807, 2.05) is 20.8 Å². The number of hydrogen-bond donors (Lipinski definition) is 1. The first-order valence-corrected chi connectivity index (χ1v) is 3.38. The van der Waals surface area contributed by atoms with Gasteiger partial charge in [-0.15, -0.1) is 0 Å². The minimum Gasteiger partial charge on any atom is -0.332 e. The maximum absolute atomic E-state index is 10.1. The summed E-state index contributed by atoms with van der Waals surface area (Å²) >= 11 is 0. The van der Waals surface area contributed by atoms with Gasteiger partial charge in [-0.2, -0.15) is 0 Å². The molecular weight excluding hydrogens is 142 g/mol. The van der Waals surface area contributed by atoms with Crippen molar-refractivity contribution in [2.75, 3.05) is 0 Å². The van der Waals surface area contributed by atoms with Gasteiger partial charge in [-0.1, -0.05) is 20.8 Å². The van der Waals surface area contributed by atoms with Gasteiger partial charge in [-0.25, -0.2) is 0 Å². The standard InChI is InChI=1S/C8H13NO2/c1-8(2,3)7(4-5-10)9-6-11/h4-6H,1-3H3,(H,9,11)/b7-4-. The van der Waals surface area contributed by atoms with Crippen molar-refractivity contribution in [2.24, 2.45) is 5.41 Å². The van der Waals surface area contributed by atoms with Crippen molar-refractivity contribution in [3.8, 4) is 0 Å². The molecule has 0 atom stereocenters. The van der Waals surface area contributed by atoms with Crippen LogP contribution in [0.2, 0.25) is 0 Å². The maximum atomic E-state index is 10.1. The molecule has 1 N–H and O–H groups in total. The van der Waals surface area contributed by atoms with E-state index in [0.717, 1.165) is 0 Å². The van der Waals surface area contributed by atoms with Gasteiger partial charge in [0.05, 0.1) is 0 Å². The number of nitrogens with one attached hydrogen (secondary N) is 1. The molecule has 0 radical (unpaired) electrons. The van der Waals surface area contributed by atoms with Gasteiger partial charge in [-0.05, 0) is 6.08 Å². The molecule has 0 fully saturated rings. The summed E-state index contributed by atoms with van der Waals surface area (Å²) in [6, 6.07) is 0. The zero-order valence-corrected chi connectivity index (χ0v) is 7.05. The molecule has 0 bridgehead atoms. The van der Waals surface area contributed by atoms with Crippen LogP contribution in [0.1, 0.15) is 20.8 Å². The summed E-state index contributed by atoms with van der Waals surface area (Å²) in [5, 5.41) is 2.47. The molecule has 0 aromatic carbocycles. The van der Waals surface area contributed by atoms with Gasteiger partial charge in [0.1, 0.15) is 6.29 Å². The van der Waals surface area contributed by atoms with Crippen molar-refractivity contribution in [3.05, 3.63) is 11.8 Å². The first-order chi connectivity index (χ1) is 5.02. The van der Waals surface area contributed by atoms with Crippen LogP contribution in [0.25, 0.3) is 0 Å². The fourth-order valence-electron chi connectivity index (χ4n) is 0.646. The van der Waals surface area contributed by atoms with Gasteiger partial charge < -0.3 is 5.32 Å². The highest BCUT2D eigenvalue weighted by molar-refractivity contribution is 5.68. The smallest absolute Gasteiger partial charge is 0.211 e. The molecule has 0 aromatic heterocycles. The normalized spacial score (nSPS) is 12.5. The van der Waals surface area contributed by atoms with E-state index in [4.69, 9.17) is 0 Å². The van der Waals surface area contributed by atoms with Gasteiger partial charge in [-0.3, -0.25) is 9.59 Å². The molecule has 62 valence electrons. The average Bonchev–Trinajstić information content (AvgIpc) is 1.85. The highest BCUT2D eigenvalue weighted by Crippen LogP contribution is 2.21. The van der Waals surface area contributed by atoms with E-state index in [1.54, 1.807) is 0 Å². The molecule has 0 aliphatic carbocycles. The van der Waals surface area contributed by atoms with Gasteiger partial charge in [0.15, 0.2) is 0 Å². The highest BCUT2D eigenvalue weighted by Gasteiger charge is 2.15. The lowest BCUT2D eigenvalue weighted by molar-refractivity contribution is -0.109. The van der Waals surface area contributed by atoms with Crippen LogP contribution in [-0.4, -0.2) is 12.7 Å². The molecule has 0 saturated heterocycles. The minimum atomic E-state index is -0.193. The van der Waals surface area contributed by atoms with E-state index in [9.17, 15) is 9.59 Å². The van der Waals surface area contributed by atoms with E-state index in [0.29, 0.717) is 18.4 Å². The van der Waals surface area contributed by atoms with E-state index < -0.39 is 0 Å². The van der Waals surface area contributed by atoms with Crippen molar-refractivity contribution < 1.29 is 9.59 Å². The van der Waals surface area contributed by atoms with E-state index in [1.165, 1.54) is 6.08 Å². The van der Waals surface area contributed by atoms with E-state index in [-0.39, 0.29) is 5.41 Å². The predicted molar refractivity (Wildman–Crippen MR) is 42.8 cm³/mol.